The summed E-state index contributed by atoms with van der Waals surface area (Å²) in [5.74, 6) is 5.78. The fourth-order valence-electron chi connectivity index (χ4n) is 4.67. The molecule has 2 amide bonds. The minimum absolute atomic E-state index is 0.0310. The number of nitrogens with two attached hydrogens (primary N) is 1. The second-order valence-electron chi connectivity index (χ2n) is 9.32. The standard InChI is InChI=1S/C24H28N6O4/c1-29-12-10-24(34,23(29)33)9-7-14-8-11-26-18(13-14)30-17-4-2-3-16(27-22(32)15-5-6-15)19(17)20(28-30)21(25)31/h8,11,13,15-16,21,31,34H,2-6,10,12,25H2,1H3,(H,27,32)/t16-,21?,24+/m1/s1. The van der Waals surface area contributed by atoms with Crippen molar-refractivity contribution < 1.29 is 19.8 Å². The maximum absolute atomic E-state index is 12.4. The summed E-state index contributed by atoms with van der Waals surface area (Å²) in [5.41, 5.74) is 6.64. The Hall–Kier alpha value is -3.26. The number of hydrogen-bond acceptors (Lipinski definition) is 7. The Morgan fingerprint density at radius 2 is 2.18 bits per heavy atom. The van der Waals surface area contributed by atoms with E-state index >= 15 is 0 Å². The third-order valence-electron chi connectivity index (χ3n) is 6.74. The fourth-order valence-corrected chi connectivity index (χ4v) is 4.67. The number of likely N-dealkylation sites (tertiary alicyclic amines) is 1. The van der Waals surface area contributed by atoms with Gasteiger partial charge in [-0.15, -0.1) is 0 Å². The van der Waals surface area contributed by atoms with Crippen LogP contribution in [0.4, 0.5) is 0 Å². The number of aromatic nitrogens is 3. The molecule has 5 N–H and O–H groups in total. The summed E-state index contributed by atoms with van der Waals surface area (Å²) in [6, 6.07) is 3.14. The molecule has 2 aromatic heterocycles. The largest absolute Gasteiger partial charge is 0.373 e. The minimum atomic E-state index is -1.69. The number of amides is 2. The molecule has 10 heteroatoms. The fraction of sp³-hybridized carbons (Fsp3) is 0.500. The molecule has 1 saturated heterocycles. The molecule has 178 valence electrons. The van der Waals surface area contributed by atoms with Crippen LogP contribution in [0.3, 0.4) is 0 Å². The van der Waals surface area contributed by atoms with Gasteiger partial charge in [-0.25, -0.2) is 9.67 Å². The number of likely N-dealkylation sites (N-methyl/N-ethyl adjacent to an activating group) is 1. The minimum Gasteiger partial charge on any atom is -0.373 e. The Labute approximate surface area is 197 Å². The van der Waals surface area contributed by atoms with Crippen LogP contribution in [0.2, 0.25) is 0 Å². The Morgan fingerprint density at radius 1 is 1.38 bits per heavy atom. The summed E-state index contributed by atoms with van der Waals surface area (Å²) in [6.07, 6.45) is 4.64. The molecule has 1 saturated carbocycles. The van der Waals surface area contributed by atoms with Gasteiger partial charge in [-0.3, -0.25) is 9.59 Å². The molecule has 10 nitrogen and oxygen atoms in total. The zero-order valence-corrected chi connectivity index (χ0v) is 19.0. The second kappa shape index (κ2) is 8.51. The Bertz CT molecular complexity index is 1210. The maximum atomic E-state index is 12.4. The van der Waals surface area contributed by atoms with E-state index < -0.39 is 17.7 Å². The van der Waals surface area contributed by atoms with E-state index in [1.165, 1.54) is 4.90 Å². The number of fused-ring (bicyclic) bond motifs is 1. The first-order chi connectivity index (χ1) is 16.3. The van der Waals surface area contributed by atoms with Gasteiger partial charge in [0.1, 0.15) is 11.9 Å². The molecule has 2 aliphatic carbocycles. The molecule has 1 aliphatic heterocycles. The lowest BCUT2D eigenvalue weighted by Crippen LogP contribution is -2.37. The van der Waals surface area contributed by atoms with Crippen molar-refractivity contribution in [2.24, 2.45) is 11.7 Å². The van der Waals surface area contributed by atoms with E-state index in [-0.39, 0.29) is 24.3 Å². The summed E-state index contributed by atoms with van der Waals surface area (Å²) in [7, 11) is 1.64. The van der Waals surface area contributed by atoms with E-state index in [1.807, 2.05) is 0 Å². The number of pyridine rings is 1. The molecular weight excluding hydrogens is 436 g/mol. The van der Waals surface area contributed by atoms with Crippen LogP contribution in [-0.2, 0) is 16.0 Å². The van der Waals surface area contributed by atoms with E-state index in [9.17, 15) is 19.8 Å². The Kier molecular flexibility index (Phi) is 5.64. The van der Waals surface area contributed by atoms with Crippen LogP contribution in [0.5, 0.6) is 0 Å². The number of carbonyl (C=O) groups is 2. The lowest BCUT2D eigenvalue weighted by atomic mass is 9.90. The number of rotatable bonds is 4. The number of nitrogens with zero attached hydrogens (tertiary/aromatic N) is 4. The maximum Gasteiger partial charge on any atom is 0.267 e. The predicted molar refractivity (Wildman–Crippen MR) is 121 cm³/mol. The zero-order chi connectivity index (χ0) is 24.0. The molecule has 5 rings (SSSR count). The first-order valence-electron chi connectivity index (χ1n) is 11.6. The molecule has 1 unspecified atom stereocenters. The van der Waals surface area contributed by atoms with E-state index in [0.29, 0.717) is 30.0 Å². The number of aliphatic hydroxyl groups is 2. The molecule has 0 spiro atoms. The van der Waals surface area contributed by atoms with Crippen LogP contribution in [0.25, 0.3) is 5.82 Å². The predicted octanol–water partition coefficient (Wildman–Crippen LogP) is 0.0652. The second-order valence-corrected chi connectivity index (χ2v) is 9.32. The molecule has 2 fully saturated rings. The van der Waals surface area contributed by atoms with Gasteiger partial charge in [-0.1, -0.05) is 11.8 Å². The van der Waals surface area contributed by atoms with Crippen molar-refractivity contribution in [1.29, 1.82) is 0 Å². The van der Waals surface area contributed by atoms with Gasteiger partial charge in [-0.2, -0.15) is 5.10 Å². The van der Waals surface area contributed by atoms with Gasteiger partial charge in [0, 0.05) is 43.3 Å². The molecule has 3 heterocycles. The van der Waals surface area contributed by atoms with Crippen molar-refractivity contribution in [3.8, 4) is 17.7 Å². The zero-order valence-electron chi connectivity index (χ0n) is 19.0. The lowest BCUT2D eigenvalue weighted by Gasteiger charge is -2.25. The summed E-state index contributed by atoms with van der Waals surface area (Å²) in [5, 5.41) is 28.5. The highest BCUT2D eigenvalue weighted by atomic mass is 16.3. The van der Waals surface area contributed by atoms with E-state index in [0.717, 1.165) is 36.9 Å². The van der Waals surface area contributed by atoms with Crippen molar-refractivity contribution >= 4 is 11.8 Å². The monoisotopic (exact) mass is 464 g/mol. The lowest BCUT2D eigenvalue weighted by molar-refractivity contribution is -0.137. The van der Waals surface area contributed by atoms with Crippen LogP contribution in [0.1, 0.15) is 66.9 Å². The van der Waals surface area contributed by atoms with Crippen LogP contribution < -0.4 is 11.1 Å². The van der Waals surface area contributed by atoms with Gasteiger partial charge in [0.25, 0.3) is 5.91 Å². The highest BCUT2D eigenvalue weighted by molar-refractivity contribution is 5.90. The normalized spacial score (nSPS) is 24.9. The van der Waals surface area contributed by atoms with Crippen LogP contribution in [-0.4, -0.2) is 60.9 Å². The Morgan fingerprint density at radius 3 is 2.85 bits per heavy atom. The molecule has 2 aromatic rings. The molecule has 0 bridgehead atoms. The molecule has 3 atom stereocenters. The van der Waals surface area contributed by atoms with Crippen LogP contribution in [0.15, 0.2) is 18.3 Å². The first-order valence-corrected chi connectivity index (χ1v) is 11.6. The van der Waals surface area contributed by atoms with Gasteiger partial charge in [0.15, 0.2) is 5.82 Å². The average molecular weight is 465 g/mol. The summed E-state index contributed by atoms with van der Waals surface area (Å²) in [4.78, 5) is 30.5. The molecule has 3 aliphatic rings. The van der Waals surface area contributed by atoms with Gasteiger partial charge in [0.05, 0.1) is 11.7 Å². The quantitative estimate of drug-likeness (QED) is 0.370. The van der Waals surface area contributed by atoms with E-state index in [1.54, 1.807) is 30.1 Å². The molecule has 34 heavy (non-hydrogen) atoms. The van der Waals surface area contributed by atoms with Gasteiger partial charge in [0.2, 0.25) is 11.5 Å². The highest BCUT2D eigenvalue weighted by Crippen LogP contribution is 2.37. The number of hydrogen-bond donors (Lipinski definition) is 4. The van der Waals surface area contributed by atoms with Crippen molar-refractivity contribution in [2.45, 2.75) is 56.4 Å². The third-order valence-corrected chi connectivity index (χ3v) is 6.74. The molecular formula is C24H28N6O4. The summed E-state index contributed by atoms with van der Waals surface area (Å²) >= 11 is 0. The molecule has 0 radical (unpaired) electrons. The van der Waals surface area contributed by atoms with E-state index in [4.69, 9.17) is 5.73 Å². The number of carbonyl (C=O) groups excluding carboxylic acids is 2. The number of nitrogens with one attached hydrogen (secondary N) is 1. The van der Waals surface area contributed by atoms with Gasteiger partial charge in [-0.05, 0) is 44.2 Å². The highest BCUT2D eigenvalue weighted by Gasteiger charge is 2.42. The van der Waals surface area contributed by atoms with Crippen molar-refractivity contribution in [3.63, 3.8) is 0 Å². The van der Waals surface area contributed by atoms with Crippen LogP contribution in [0, 0.1) is 17.8 Å². The van der Waals surface area contributed by atoms with Crippen molar-refractivity contribution in [1.82, 2.24) is 25.0 Å². The van der Waals surface area contributed by atoms with Gasteiger partial charge >= 0.3 is 0 Å². The van der Waals surface area contributed by atoms with Crippen molar-refractivity contribution in [3.05, 3.63) is 40.8 Å². The Balaban J connectivity index is 1.49. The van der Waals surface area contributed by atoms with E-state index in [2.05, 4.69) is 27.2 Å². The topological polar surface area (TPSA) is 147 Å². The average Bonchev–Trinajstić information content (AvgIpc) is 3.56. The third kappa shape index (κ3) is 4.07. The number of aliphatic hydroxyl groups excluding tert-OH is 1. The van der Waals surface area contributed by atoms with Crippen molar-refractivity contribution in [2.75, 3.05) is 13.6 Å². The smallest absolute Gasteiger partial charge is 0.267 e. The summed E-state index contributed by atoms with van der Waals surface area (Å²) in [6.45, 7) is 0.452. The van der Waals surface area contributed by atoms with Gasteiger partial charge < -0.3 is 26.2 Å². The summed E-state index contributed by atoms with van der Waals surface area (Å²) < 4.78 is 1.64. The SMILES string of the molecule is CN1CC[C@@](O)(C#Cc2ccnc(-n3nc(C(N)O)c4c3CCC[C@H]4NC(=O)C3CC3)c2)C1=O. The van der Waals surface area contributed by atoms with Crippen LogP contribution >= 0.6 is 0 Å². The molecule has 0 aromatic carbocycles. The first kappa shape index (κ1) is 22.5.